The summed E-state index contributed by atoms with van der Waals surface area (Å²) >= 11 is 0. The predicted octanol–water partition coefficient (Wildman–Crippen LogP) is 1.81. The van der Waals surface area contributed by atoms with Gasteiger partial charge in [0.05, 0.1) is 16.6 Å². The lowest BCUT2D eigenvalue weighted by molar-refractivity contribution is -0.143. The van der Waals surface area contributed by atoms with Gasteiger partial charge in [-0.05, 0) is 38.0 Å². The van der Waals surface area contributed by atoms with E-state index in [1.165, 1.54) is 17.0 Å². The van der Waals surface area contributed by atoms with Crippen LogP contribution in [0.2, 0.25) is 0 Å². The average Bonchev–Trinajstić information content (AvgIpc) is 2.54. The first kappa shape index (κ1) is 17.5. The van der Waals surface area contributed by atoms with E-state index < -0.39 is 21.7 Å². The lowest BCUT2D eigenvalue weighted by Gasteiger charge is -2.36. The number of carbonyl (C=O) groups is 2. The van der Waals surface area contributed by atoms with Crippen LogP contribution in [0.5, 0.6) is 0 Å². The number of sulfone groups is 1. The van der Waals surface area contributed by atoms with Gasteiger partial charge in [-0.2, -0.15) is 0 Å². The number of carbonyl (C=O) groups excluding carboxylic acids is 1. The van der Waals surface area contributed by atoms with Crippen molar-refractivity contribution in [1.29, 1.82) is 0 Å². The van der Waals surface area contributed by atoms with Crippen molar-refractivity contribution in [3.8, 4) is 0 Å². The molecule has 1 aliphatic rings. The Kier molecular flexibility index (Phi) is 5.09. The van der Waals surface area contributed by atoms with Crippen molar-refractivity contribution in [1.82, 2.24) is 4.90 Å². The molecule has 1 aliphatic heterocycles. The highest BCUT2D eigenvalue weighted by Crippen LogP contribution is 2.24. The van der Waals surface area contributed by atoms with Crippen LogP contribution < -0.4 is 0 Å². The molecule has 0 aromatic heterocycles. The van der Waals surface area contributed by atoms with Gasteiger partial charge in [0.25, 0.3) is 5.91 Å². The number of hydrogen-bond donors (Lipinski definition) is 1. The second-order valence-corrected chi connectivity index (χ2v) is 8.13. The summed E-state index contributed by atoms with van der Waals surface area (Å²) in [7, 11) is -3.39. The number of likely N-dealkylation sites (tertiary alicyclic amines) is 1. The fraction of sp³-hybridized carbons (Fsp3) is 0.500. The van der Waals surface area contributed by atoms with Gasteiger partial charge in [0, 0.05) is 18.2 Å². The first-order valence-corrected chi connectivity index (χ1v) is 9.28. The van der Waals surface area contributed by atoms with Crippen molar-refractivity contribution in [3.63, 3.8) is 0 Å². The van der Waals surface area contributed by atoms with E-state index in [-0.39, 0.29) is 34.7 Å². The van der Waals surface area contributed by atoms with Crippen LogP contribution in [0.1, 0.15) is 37.0 Å². The van der Waals surface area contributed by atoms with Crippen molar-refractivity contribution in [2.24, 2.45) is 5.92 Å². The number of nitrogens with zero attached hydrogens (tertiary/aromatic N) is 1. The number of amides is 1. The topological polar surface area (TPSA) is 91.8 Å². The molecule has 1 saturated heterocycles. The molecule has 7 heteroatoms. The van der Waals surface area contributed by atoms with E-state index in [1.807, 2.05) is 6.92 Å². The number of piperidine rings is 1. The maximum absolute atomic E-state index is 12.7. The Balaban J connectivity index is 2.29. The van der Waals surface area contributed by atoms with Crippen molar-refractivity contribution in [3.05, 3.63) is 29.8 Å². The van der Waals surface area contributed by atoms with Crippen LogP contribution in [-0.2, 0) is 14.6 Å². The number of rotatable bonds is 4. The van der Waals surface area contributed by atoms with E-state index in [0.29, 0.717) is 12.8 Å². The van der Waals surface area contributed by atoms with Crippen LogP contribution in [0.4, 0.5) is 0 Å². The smallest absolute Gasteiger partial charge is 0.308 e. The molecule has 0 saturated carbocycles. The standard InChI is InChI=1S/C16H21NO5S/c1-3-23(21,22)14-6-4-5-12(9-14)15(18)17-10-13(16(19)20)8-7-11(17)2/h4-6,9,11,13H,3,7-8,10H2,1-2H3,(H,19,20). The Morgan fingerprint density at radius 1 is 1.30 bits per heavy atom. The lowest BCUT2D eigenvalue weighted by Crippen LogP contribution is -2.47. The van der Waals surface area contributed by atoms with E-state index in [0.717, 1.165) is 0 Å². The Labute approximate surface area is 136 Å². The van der Waals surface area contributed by atoms with Crippen molar-refractivity contribution < 1.29 is 23.1 Å². The Hall–Kier alpha value is -1.89. The number of benzene rings is 1. The summed E-state index contributed by atoms with van der Waals surface area (Å²) in [4.78, 5) is 25.5. The van der Waals surface area contributed by atoms with Gasteiger partial charge in [-0.1, -0.05) is 13.0 Å². The molecule has 1 heterocycles. The minimum atomic E-state index is -3.39. The molecule has 1 fully saturated rings. The summed E-state index contributed by atoms with van der Waals surface area (Å²) in [5.41, 5.74) is 0.275. The van der Waals surface area contributed by atoms with Crippen LogP contribution >= 0.6 is 0 Å². The summed E-state index contributed by atoms with van der Waals surface area (Å²) in [6, 6.07) is 5.88. The molecular weight excluding hydrogens is 318 g/mol. The molecule has 2 unspecified atom stereocenters. The quantitative estimate of drug-likeness (QED) is 0.903. The number of carboxylic acids is 1. The number of carboxylic acid groups (broad SMARTS) is 1. The maximum atomic E-state index is 12.7. The van der Waals surface area contributed by atoms with Crippen LogP contribution in [0, 0.1) is 5.92 Å². The molecule has 0 bridgehead atoms. The zero-order chi connectivity index (χ0) is 17.2. The van der Waals surface area contributed by atoms with E-state index in [1.54, 1.807) is 19.1 Å². The van der Waals surface area contributed by atoms with E-state index in [2.05, 4.69) is 0 Å². The molecule has 6 nitrogen and oxygen atoms in total. The van der Waals surface area contributed by atoms with Gasteiger partial charge in [0.2, 0.25) is 0 Å². The van der Waals surface area contributed by atoms with E-state index in [9.17, 15) is 18.0 Å². The van der Waals surface area contributed by atoms with Crippen molar-refractivity contribution >= 4 is 21.7 Å². The van der Waals surface area contributed by atoms with Crippen molar-refractivity contribution in [2.75, 3.05) is 12.3 Å². The highest BCUT2D eigenvalue weighted by atomic mass is 32.2. The van der Waals surface area contributed by atoms with Crippen LogP contribution in [0.3, 0.4) is 0 Å². The summed E-state index contributed by atoms with van der Waals surface area (Å²) in [5.74, 6) is -1.84. The normalized spacial score (nSPS) is 21.9. The predicted molar refractivity (Wildman–Crippen MR) is 85.0 cm³/mol. The SMILES string of the molecule is CCS(=O)(=O)c1cccc(C(=O)N2CC(C(=O)O)CCC2C)c1. The highest BCUT2D eigenvalue weighted by molar-refractivity contribution is 7.91. The van der Waals surface area contributed by atoms with E-state index >= 15 is 0 Å². The largest absolute Gasteiger partial charge is 0.481 e. The second-order valence-electron chi connectivity index (χ2n) is 5.85. The fourth-order valence-corrected chi connectivity index (χ4v) is 3.67. The van der Waals surface area contributed by atoms with Gasteiger partial charge in [0.1, 0.15) is 0 Å². The minimum absolute atomic E-state index is 0.0359. The van der Waals surface area contributed by atoms with Gasteiger partial charge in [-0.15, -0.1) is 0 Å². The van der Waals surface area contributed by atoms with Gasteiger partial charge in [-0.3, -0.25) is 9.59 Å². The summed E-state index contributed by atoms with van der Waals surface area (Å²) in [6.07, 6.45) is 1.17. The summed E-state index contributed by atoms with van der Waals surface area (Å²) in [5, 5.41) is 9.16. The number of hydrogen-bond acceptors (Lipinski definition) is 4. The third-order valence-electron chi connectivity index (χ3n) is 4.31. The van der Waals surface area contributed by atoms with Crippen LogP contribution in [0.25, 0.3) is 0 Å². The molecule has 1 amide bonds. The third-order valence-corrected chi connectivity index (χ3v) is 6.04. The second kappa shape index (κ2) is 6.70. The molecule has 1 N–H and O–H groups in total. The van der Waals surface area contributed by atoms with Gasteiger partial charge < -0.3 is 10.0 Å². The molecule has 2 atom stereocenters. The molecule has 2 rings (SSSR count). The molecule has 23 heavy (non-hydrogen) atoms. The molecule has 0 radical (unpaired) electrons. The van der Waals surface area contributed by atoms with Gasteiger partial charge in [-0.25, -0.2) is 8.42 Å². The van der Waals surface area contributed by atoms with E-state index in [4.69, 9.17) is 5.11 Å². The Morgan fingerprint density at radius 2 is 2.00 bits per heavy atom. The number of aliphatic carboxylic acids is 1. The van der Waals surface area contributed by atoms with Crippen molar-refractivity contribution in [2.45, 2.75) is 37.6 Å². The zero-order valence-corrected chi connectivity index (χ0v) is 14.0. The Morgan fingerprint density at radius 3 is 2.61 bits per heavy atom. The summed E-state index contributed by atoms with van der Waals surface area (Å²) < 4.78 is 23.9. The molecule has 0 spiro atoms. The summed E-state index contributed by atoms with van der Waals surface area (Å²) in [6.45, 7) is 3.58. The lowest BCUT2D eigenvalue weighted by atomic mass is 9.93. The third kappa shape index (κ3) is 3.72. The van der Waals surface area contributed by atoms with Crippen LogP contribution in [-0.4, -0.2) is 48.6 Å². The van der Waals surface area contributed by atoms with Gasteiger partial charge >= 0.3 is 5.97 Å². The van der Waals surface area contributed by atoms with Crippen LogP contribution in [0.15, 0.2) is 29.2 Å². The molecule has 126 valence electrons. The minimum Gasteiger partial charge on any atom is -0.481 e. The Bertz CT molecular complexity index is 713. The molecule has 1 aromatic carbocycles. The highest BCUT2D eigenvalue weighted by Gasteiger charge is 2.33. The zero-order valence-electron chi connectivity index (χ0n) is 13.2. The maximum Gasteiger partial charge on any atom is 0.308 e. The monoisotopic (exact) mass is 339 g/mol. The van der Waals surface area contributed by atoms with Gasteiger partial charge in [0.15, 0.2) is 9.84 Å². The first-order valence-electron chi connectivity index (χ1n) is 7.63. The molecular formula is C16H21NO5S. The first-order chi connectivity index (χ1) is 10.8. The fourth-order valence-electron chi connectivity index (χ4n) is 2.75. The molecule has 0 aliphatic carbocycles. The molecule has 1 aromatic rings. The average molecular weight is 339 g/mol.